The Labute approximate surface area is 127 Å². The van der Waals surface area contributed by atoms with Gasteiger partial charge in [-0.05, 0) is 24.7 Å². The molecule has 1 aromatic carbocycles. The van der Waals surface area contributed by atoms with E-state index in [0.29, 0.717) is 12.1 Å². The average Bonchev–Trinajstić information content (AvgIpc) is 2.83. The second-order valence-electron chi connectivity index (χ2n) is 6.04. The van der Waals surface area contributed by atoms with Gasteiger partial charge in [0.2, 0.25) is 10.0 Å². The molecule has 1 saturated heterocycles. The highest BCUT2D eigenvalue weighted by molar-refractivity contribution is 7.89. The van der Waals surface area contributed by atoms with Crippen LogP contribution in [0, 0.1) is 29.3 Å². The van der Waals surface area contributed by atoms with Crippen molar-refractivity contribution >= 4 is 10.0 Å². The molecule has 8 heteroatoms. The average molecular weight is 334 g/mol. The van der Waals surface area contributed by atoms with Gasteiger partial charge in [0.15, 0.2) is 4.90 Å². The Morgan fingerprint density at radius 1 is 1.09 bits per heavy atom. The minimum Gasteiger partial charge on any atom is -0.327 e. The fourth-order valence-corrected chi connectivity index (χ4v) is 5.20. The zero-order valence-corrected chi connectivity index (χ0v) is 12.6. The SMILES string of the molecule is NC1CCCC2CN(S(=O)(=O)c3c(F)cc(F)cc3F)CC12. The van der Waals surface area contributed by atoms with Crippen LogP contribution in [0.15, 0.2) is 17.0 Å². The maximum Gasteiger partial charge on any atom is 0.248 e. The topological polar surface area (TPSA) is 63.4 Å². The number of fused-ring (bicyclic) bond motifs is 1. The lowest BCUT2D eigenvalue weighted by atomic mass is 9.78. The molecule has 0 bridgehead atoms. The van der Waals surface area contributed by atoms with Crippen LogP contribution in [0.25, 0.3) is 0 Å². The standard InChI is InChI=1S/C14H17F3N2O2S/c15-9-4-11(16)14(12(17)5-9)22(20,21)19-6-8-2-1-3-13(18)10(8)7-19/h4-5,8,10,13H,1-3,6-7,18H2. The van der Waals surface area contributed by atoms with Crippen molar-refractivity contribution in [3.05, 3.63) is 29.6 Å². The highest BCUT2D eigenvalue weighted by Crippen LogP contribution is 2.38. The maximum atomic E-state index is 13.8. The number of hydrogen-bond acceptors (Lipinski definition) is 3. The van der Waals surface area contributed by atoms with Crippen LogP contribution < -0.4 is 5.73 Å². The fourth-order valence-electron chi connectivity index (χ4n) is 3.58. The quantitative estimate of drug-likeness (QED) is 0.898. The Bertz CT molecular complexity index is 672. The van der Waals surface area contributed by atoms with Gasteiger partial charge >= 0.3 is 0 Å². The fraction of sp³-hybridized carbons (Fsp3) is 0.571. The van der Waals surface area contributed by atoms with E-state index >= 15 is 0 Å². The van der Waals surface area contributed by atoms with Crippen molar-refractivity contribution in [2.24, 2.45) is 17.6 Å². The summed E-state index contributed by atoms with van der Waals surface area (Å²) in [4.78, 5) is -1.08. The smallest absolute Gasteiger partial charge is 0.248 e. The van der Waals surface area contributed by atoms with Gasteiger partial charge in [-0.25, -0.2) is 21.6 Å². The second-order valence-corrected chi connectivity index (χ2v) is 7.91. The van der Waals surface area contributed by atoms with Crippen LogP contribution in [0.4, 0.5) is 13.2 Å². The van der Waals surface area contributed by atoms with E-state index in [2.05, 4.69) is 0 Å². The molecule has 1 aliphatic carbocycles. The Morgan fingerprint density at radius 2 is 1.73 bits per heavy atom. The number of sulfonamides is 1. The maximum absolute atomic E-state index is 13.8. The van der Waals surface area contributed by atoms with Crippen LogP contribution in [0.5, 0.6) is 0 Å². The number of rotatable bonds is 2. The van der Waals surface area contributed by atoms with E-state index < -0.39 is 32.4 Å². The molecule has 0 aromatic heterocycles. The Morgan fingerprint density at radius 3 is 2.32 bits per heavy atom. The van der Waals surface area contributed by atoms with Crippen LogP contribution in [0.3, 0.4) is 0 Å². The summed E-state index contributed by atoms with van der Waals surface area (Å²) in [5.74, 6) is -3.83. The monoisotopic (exact) mass is 334 g/mol. The summed E-state index contributed by atoms with van der Waals surface area (Å²) in [6.07, 6.45) is 2.61. The molecule has 0 spiro atoms. The van der Waals surface area contributed by atoms with Crippen molar-refractivity contribution in [1.82, 2.24) is 4.31 Å². The highest BCUT2D eigenvalue weighted by Gasteiger charge is 2.44. The van der Waals surface area contributed by atoms with Crippen LogP contribution in [-0.4, -0.2) is 31.9 Å². The molecular weight excluding hydrogens is 317 g/mol. The van der Waals surface area contributed by atoms with Crippen LogP contribution in [0.1, 0.15) is 19.3 Å². The van der Waals surface area contributed by atoms with E-state index in [1.165, 1.54) is 0 Å². The largest absolute Gasteiger partial charge is 0.327 e. The van der Waals surface area contributed by atoms with Crippen molar-refractivity contribution in [1.29, 1.82) is 0 Å². The first kappa shape index (κ1) is 15.8. The lowest BCUT2D eigenvalue weighted by Gasteiger charge is -2.29. The van der Waals surface area contributed by atoms with Crippen molar-refractivity contribution in [3.63, 3.8) is 0 Å². The third kappa shape index (κ3) is 2.53. The van der Waals surface area contributed by atoms with E-state index in [9.17, 15) is 21.6 Å². The Kier molecular flexibility index (Phi) is 3.94. The van der Waals surface area contributed by atoms with Gasteiger partial charge in [-0.3, -0.25) is 0 Å². The van der Waals surface area contributed by atoms with Crippen LogP contribution in [-0.2, 0) is 10.0 Å². The predicted octanol–water partition coefficient (Wildman–Crippen LogP) is 1.85. The summed E-state index contributed by atoms with van der Waals surface area (Å²) >= 11 is 0. The molecule has 1 saturated carbocycles. The molecule has 2 fully saturated rings. The third-order valence-electron chi connectivity index (χ3n) is 4.68. The molecule has 2 aliphatic rings. The molecule has 1 aliphatic heterocycles. The summed E-state index contributed by atoms with van der Waals surface area (Å²) < 4.78 is 66.7. The normalized spacial score (nSPS) is 29.5. The molecule has 3 rings (SSSR count). The lowest BCUT2D eigenvalue weighted by molar-refractivity contribution is 0.260. The summed E-state index contributed by atoms with van der Waals surface area (Å²) in [5.41, 5.74) is 6.02. The minimum absolute atomic E-state index is 0.00935. The van der Waals surface area contributed by atoms with E-state index in [1.807, 2.05) is 0 Å². The first-order valence-electron chi connectivity index (χ1n) is 7.21. The van der Waals surface area contributed by atoms with E-state index in [4.69, 9.17) is 5.73 Å². The zero-order chi connectivity index (χ0) is 16.1. The molecule has 3 atom stereocenters. The second kappa shape index (κ2) is 5.50. The number of nitrogens with zero attached hydrogens (tertiary/aromatic N) is 1. The predicted molar refractivity (Wildman–Crippen MR) is 73.9 cm³/mol. The molecule has 1 aromatic rings. The molecule has 2 N–H and O–H groups in total. The Hall–Kier alpha value is -1.12. The molecule has 1 heterocycles. The highest BCUT2D eigenvalue weighted by atomic mass is 32.2. The van der Waals surface area contributed by atoms with Crippen molar-refractivity contribution in [2.75, 3.05) is 13.1 Å². The van der Waals surface area contributed by atoms with Gasteiger partial charge in [-0.1, -0.05) is 6.42 Å². The summed E-state index contributed by atoms with van der Waals surface area (Å²) in [6.45, 7) is 0.362. The molecule has 122 valence electrons. The summed E-state index contributed by atoms with van der Waals surface area (Å²) in [6, 6.07) is 0.664. The zero-order valence-electron chi connectivity index (χ0n) is 11.8. The van der Waals surface area contributed by atoms with Crippen LogP contribution >= 0.6 is 0 Å². The molecule has 4 nitrogen and oxygen atoms in total. The van der Waals surface area contributed by atoms with E-state index in [0.717, 1.165) is 23.6 Å². The summed E-state index contributed by atoms with van der Waals surface area (Å²) in [5, 5.41) is 0. The van der Waals surface area contributed by atoms with Gasteiger partial charge in [0.25, 0.3) is 0 Å². The minimum atomic E-state index is -4.34. The van der Waals surface area contributed by atoms with Crippen molar-refractivity contribution in [2.45, 2.75) is 30.2 Å². The van der Waals surface area contributed by atoms with Gasteiger partial charge in [-0.15, -0.1) is 0 Å². The van der Waals surface area contributed by atoms with E-state index in [1.54, 1.807) is 0 Å². The molecule has 22 heavy (non-hydrogen) atoms. The molecule has 3 unspecified atom stereocenters. The number of hydrogen-bond donors (Lipinski definition) is 1. The number of halogens is 3. The lowest BCUT2D eigenvalue weighted by Crippen LogP contribution is -2.38. The first-order chi connectivity index (χ1) is 10.3. The van der Waals surface area contributed by atoms with Crippen molar-refractivity contribution in [3.8, 4) is 0 Å². The van der Waals surface area contributed by atoms with Gasteiger partial charge in [0.1, 0.15) is 17.5 Å². The summed E-state index contributed by atoms with van der Waals surface area (Å²) in [7, 11) is -4.34. The molecular formula is C14H17F3N2O2S. The van der Waals surface area contributed by atoms with Gasteiger partial charge in [0.05, 0.1) is 0 Å². The first-order valence-corrected chi connectivity index (χ1v) is 8.65. The van der Waals surface area contributed by atoms with Gasteiger partial charge in [0, 0.05) is 31.3 Å². The molecule has 0 amide bonds. The van der Waals surface area contributed by atoms with Gasteiger partial charge in [-0.2, -0.15) is 4.31 Å². The third-order valence-corrected chi connectivity index (χ3v) is 6.57. The van der Waals surface area contributed by atoms with Gasteiger partial charge < -0.3 is 5.73 Å². The van der Waals surface area contributed by atoms with Crippen LogP contribution in [0.2, 0.25) is 0 Å². The Balaban J connectivity index is 1.95. The van der Waals surface area contributed by atoms with Crippen molar-refractivity contribution < 1.29 is 21.6 Å². The van der Waals surface area contributed by atoms with E-state index in [-0.39, 0.29) is 31.0 Å². The molecule has 0 radical (unpaired) electrons. The number of benzene rings is 1. The number of nitrogens with two attached hydrogens (primary N) is 1.